The molecule has 1 amide bonds. The van der Waals surface area contributed by atoms with Crippen molar-refractivity contribution in [3.8, 4) is 16.9 Å². The molecule has 8 heteroatoms. The Bertz CT molecular complexity index is 1370. The highest BCUT2D eigenvalue weighted by Crippen LogP contribution is 2.42. The smallest absolute Gasteiger partial charge is 0.249 e. The summed E-state index contributed by atoms with van der Waals surface area (Å²) in [5, 5.41) is 8.39. The van der Waals surface area contributed by atoms with E-state index in [-0.39, 0.29) is 5.91 Å². The molecular formula is C24H20Cl2N2O4. The topological polar surface area (TPSA) is 77.5 Å². The summed E-state index contributed by atoms with van der Waals surface area (Å²) in [7, 11) is 1.59. The third-order valence-corrected chi connectivity index (χ3v) is 5.67. The molecule has 4 aromatic rings. The van der Waals surface area contributed by atoms with Gasteiger partial charge in [-0.25, -0.2) is 0 Å². The zero-order valence-corrected chi connectivity index (χ0v) is 19.4. The van der Waals surface area contributed by atoms with Crippen LogP contribution in [-0.4, -0.2) is 18.2 Å². The van der Waals surface area contributed by atoms with Crippen molar-refractivity contribution in [2.75, 3.05) is 12.4 Å². The van der Waals surface area contributed by atoms with Crippen LogP contribution < -0.4 is 10.1 Å². The minimum absolute atomic E-state index is 0.330. The third-order valence-electron chi connectivity index (χ3n) is 5.12. The monoisotopic (exact) mass is 470 g/mol. The van der Waals surface area contributed by atoms with Crippen LogP contribution in [0, 0.1) is 13.8 Å². The molecule has 0 unspecified atom stereocenters. The first-order valence-corrected chi connectivity index (χ1v) is 10.5. The fourth-order valence-electron chi connectivity index (χ4n) is 3.65. The van der Waals surface area contributed by atoms with Crippen LogP contribution in [-0.2, 0) is 4.79 Å². The van der Waals surface area contributed by atoms with Crippen molar-refractivity contribution in [3.63, 3.8) is 0 Å². The fraction of sp³-hybridized carbons (Fsp3) is 0.167. The molecule has 1 N–H and O–H groups in total. The van der Waals surface area contributed by atoms with E-state index in [1.54, 1.807) is 38.5 Å². The normalized spacial score (nSPS) is 11.8. The van der Waals surface area contributed by atoms with Gasteiger partial charge in [0.25, 0.3) is 0 Å². The predicted octanol–water partition coefficient (Wildman–Crippen LogP) is 7.06. The first kappa shape index (κ1) is 22.0. The van der Waals surface area contributed by atoms with Crippen LogP contribution in [0.4, 0.5) is 5.82 Å². The first-order valence-electron chi connectivity index (χ1n) is 9.75. The Morgan fingerprint density at radius 3 is 2.59 bits per heavy atom. The van der Waals surface area contributed by atoms with Gasteiger partial charge in [0.05, 0.1) is 18.4 Å². The van der Waals surface area contributed by atoms with Crippen LogP contribution in [0.15, 0.2) is 51.6 Å². The van der Waals surface area contributed by atoms with E-state index in [1.165, 1.54) is 6.08 Å². The van der Waals surface area contributed by atoms with Crippen molar-refractivity contribution in [2.24, 2.45) is 0 Å². The molecule has 0 aliphatic heterocycles. The van der Waals surface area contributed by atoms with Gasteiger partial charge in [0.15, 0.2) is 5.82 Å². The van der Waals surface area contributed by atoms with Crippen LogP contribution in [0.1, 0.15) is 23.8 Å². The Kier molecular flexibility index (Phi) is 6.00. The molecule has 2 aromatic heterocycles. The van der Waals surface area contributed by atoms with Crippen LogP contribution in [0.25, 0.3) is 27.7 Å². The number of aromatic nitrogens is 1. The number of furan rings is 1. The highest BCUT2D eigenvalue weighted by molar-refractivity contribution is 6.36. The lowest BCUT2D eigenvalue weighted by Gasteiger charge is -2.13. The van der Waals surface area contributed by atoms with Gasteiger partial charge in [0.1, 0.15) is 17.1 Å². The van der Waals surface area contributed by atoms with Crippen molar-refractivity contribution >= 4 is 51.5 Å². The number of hydrogen-bond acceptors (Lipinski definition) is 5. The Morgan fingerprint density at radius 1 is 1.16 bits per heavy atom. The fourth-order valence-corrected chi connectivity index (χ4v) is 4.16. The van der Waals surface area contributed by atoms with E-state index >= 15 is 0 Å². The van der Waals surface area contributed by atoms with Crippen molar-refractivity contribution in [1.82, 2.24) is 5.16 Å². The molecule has 0 atom stereocenters. The summed E-state index contributed by atoms with van der Waals surface area (Å²) in [6, 6.07) is 8.90. The third kappa shape index (κ3) is 4.11. The Hall–Kier alpha value is -3.22. The maximum absolute atomic E-state index is 12.5. The molecule has 0 saturated heterocycles. The number of allylic oxidation sites excluding steroid dienone is 1. The molecular weight excluding hydrogens is 451 g/mol. The average molecular weight is 471 g/mol. The average Bonchev–Trinajstić information content (AvgIpc) is 3.34. The molecule has 2 aromatic carbocycles. The molecule has 0 aliphatic rings. The molecule has 0 bridgehead atoms. The van der Waals surface area contributed by atoms with Gasteiger partial charge >= 0.3 is 0 Å². The molecule has 0 spiro atoms. The van der Waals surface area contributed by atoms with Gasteiger partial charge in [0.2, 0.25) is 5.91 Å². The number of amides is 1. The van der Waals surface area contributed by atoms with Crippen LogP contribution in [0.3, 0.4) is 0 Å². The summed E-state index contributed by atoms with van der Waals surface area (Å²) in [5.41, 5.74) is 4.59. The lowest BCUT2D eigenvalue weighted by atomic mass is 9.96. The number of benzene rings is 2. The van der Waals surface area contributed by atoms with Crippen molar-refractivity contribution < 1.29 is 18.5 Å². The molecule has 0 aliphatic carbocycles. The maximum Gasteiger partial charge on any atom is 0.249 e. The second-order valence-electron chi connectivity index (χ2n) is 7.37. The number of methoxy groups -OCH3 is 1. The molecule has 4 rings (SSSR count). The summed E-state index contributed by atoms with van der Waals surface area (Å²) in [5.74, 6) is 1.25. The number of fused-ring (bicyclic) bond motifs is 1. The summed E-state index contributed by atoms with van der Waals surface area (Å²) in [6.45, 7) is 5.50. The largest absolute Gasteiger partial charge is 0.496 e. The molecule has 0 saturated carbocycles. The van der Waals surface area contributed by atoms with Crippen molar-refractivity contribution in [1.29, 1.82) is 0 Å². The van der Waals surface area contributed by atoms with E-state index in [2.05, 4.69) is 10.5 Å². The lowest BCUT2D eigenvalue weighted by Crippen LogP contribution is -2.09. The van der Waals surface area contributed by atoms with Crippen molar-refractivity contribution in [2.45, 2.75) is 20.8 Å². The highest BCUT2D eigenvalue weighted by Gasteiger charge is 2.20. The van der Waals surface area contributed by atoms with Gasteiger partial charge < -0.3 is 19.0 Å². The number of carbonyl (C=O) groups is 1. The van der Waals surface area contributed by atoms with E-state index in [0.717, 1.165) is 27.6 Å². The quantitative estimate of drug-likeness (QED) is 0.315. The van der Waals surface area contributed by atoms with Gasteiger partial charge in [-0.2, -0.15) is 0 Å². The first-order chi connectivity index (χ1) is 15.3. The van der Waals surface area contributed by atoms with Gasteiger partial charge in [0, 0.05) is 44.8 Å². The number of nitrogens with zero attached hydrogens (tertiary/aromatic N) is 1. The number of hydrogen-bond donors (Lipinski definition) is 1. The number of anilines is 1. The summed E-state index contributed by atoms with van der Waals surface area (Å²) in [4.78, 5) is 12.5. The number of halogens is 2. The SMILES string of the molecule is COc1c(/C(C)=C/C(=O)Nc2cc(C)on2)cc2c(-c3ccc(Cl)cc3Cl)coc2c1C. The number of rotatable bonds is 5. The minimum atomic E-state index is -0.330. The van der Waals surface area contributed by atoms with E-state index in [4.69, 9.17) is 36.9 Å². The minimum Gasteiger partial charge on any atom is -0.496 e. The van der Waals surface area contributed by atoms with E-state index in [0.29, 0.717) is 38.5 Å². The second-order valence-corrected chi connectivity index (χ2v) is 8.22. The summed E-state index contributed by atoms with van der Waals surface area (Å²) >= 11 is 12.5. The van der Waals surface area contributed by atoms with Gasteiger partial charge in [-0.05, 0) is 44.5 Å². The molecule has 6 nitrogen and oxygen atoms in total. The lowest BCUT2D eigenvalue weighted by molar-refractivity contribution is -0.111. The van der Waals surface area contributed by atoms with E-state index in [1.807, 2.05) is 26.0 Å². The Labute approximate surface area is 194 Å². The maximum atomic E-state index is 12.5. The van der Waals surface area contributed by atoms with Gasteiger partial charge in [-0.3, -0.25) is 4.79 Å². The zero-order valence-electron chi connectivity index (χ0n) is 17.9. The summed E-state index contributed by atoms with van der Waals surface area (Å²) < 4.78 is 16.5. The Balaban J connectivity index is 1.80. The van der Waals surface area contributed by atoms with Crippen molar-refractivity contribution in [3.05, 3.63) is 69.6 Å². The standard InChI is InChI=1S/C24H20Cl2N2O4/c1-12(7-22(29)27-21-8-13(2)32-28-21)17-10-18-19(16-6-5-15(25)9-20(16)26)11-31-24(18)14(3)23(17)30-4/h5-11H,1-4H3,(H,27,28,29)/b12-7+. The predicted molar refractivity (Wildman–Crippen MR) is 126 cm³/mol. The summed E-state index contributed by atoms with van der Waals surface area (Å²) in [6.07, 6.45) is 3.15. The molecule has 0 radical (unpaired) electrons. The molecule has 164 valence electrons. The van der Waals surface area contributed by atoms with E-state index < -0.39 is 0 Å². The number of aryl methyl sites for hydroxylation is 2. The van der Waals surface area contributed by atoms with Crippen LogP contribution in [0.5, 0.6) is 5.75 Å². The van der Waals surface area contributed by atoms with Gasteiger partial charge in [-0.15, -0.1) is 0 Å². The molecule has 32 heavy (non-hydrogen) atoms. The van der Waals surface area contributed by atoms with Crippen LogP contribution >= 0.6 is 23.2 Å². The number of ether oxygens (including phenoxy) is 1. The number of nitrogens with one attached hydrogen (secondary N) is 1. The molecule has 2 heterocycles. The molecule has 0 fully saturated rings. The Morgan fingerprint density at radius 2 is 1.94 bits per heavy atom. The highest BCUT2D eigenvalue weighted by atomic mass is 35.5. The van der Waals surface area contributed by atoms with Crippen LogP contribution in [0.2, 0.25) is 10.0 Å². The van der Waals surface area contributed by atoms with E-state index in [9.17, 15) is 4.79 Å². The number of carbonyl (C=O) groups excluding carboxylic acids is 1. The zero-order chi connectivity index (χ0) is 23.0. The van der Waals surface area contributed by atoms with Gasteiger partial charge in [-0.1, -0.05) is 34.4 Å². The second kappa shape index (κ2) is 8.73.